The third-order valence-corrected chi connectivity index (χ3v) is 9.82. The minimum Gasteiger partial charge on any atom is -0.478 e. The molecule has 0 saturated carbocycles. The molecule has 0 heterocycles. The zero-order valence-electron chi connectivity index (χ0n) is 23.2. The Morgan fingerprint density at radius 2 is 1.53 bits per heavy atom. The van der Waals surface area contributed by atoms with Crippen LogP contribution in [0.1, 0.15) is 86.2 Å². The molecule has 0 amide bonds. The van der Waals surface area contributed by atoms with Crippen LogP contribution in [0.25, 0.3) is 11.1 Å². The fourth-order valence-electron chi connectivity index (χ4n) is 7.98. The van der Waals surface area contributed by atoms with E-state index in [4.69, 9.17) is 0 Å². The largest absolute Gasteiger partial charge is 0.478 e. The van der Waals surface area contributed by atoms with Crippen molar-refractivity contribution in [3.8, 4) is 11.1 Å². The molecule has 0 bridgehead atoms. The van der Waals surface area contributed by atoms with Crippen molar-refractivity contribution in [1.82, 2.24) is 0 Å². The maximum absolute atomic E-state index is 14.4. The van der Waals surface area contributed by atoms with Gasteiger partial charge in [0.2, 0.25) is 0 Å². The molecule has 0 saturated heterocycles. The Morgan fingerprint density at radius 1 is 0.895 bits per heavy atom. The average molecular weight is 511 g/mol. The number of carbonyl (C=O) groups is 4. The van der Waals surface area contributed by atoms with Crippen LogP contribution in [0.3, 0.4) is 0 Å². The number of carboxylic acids is 1. The molecule has 5 heteroatoms. The molecule has 3 aliphatic carbocycles. The molecule has 5 nitrogen and oxygen atoms in total. The van der Waals surface area contributed by atoms with E-state index in [1.54, 1.807) is 24.3 Å². The molecule has 0 spiro atoms. The van der Waals surface area contributed by atoms with Crippen molar-refractivity contribution >= 4 is 23.3 Å². The van der Waals surface area contributed by atoms with E-state index in [2.05, 4.69) is 13.8 Å². The number of rotatable bonds is 3. The lowest BCUT2D eigenvalue weighted by Crippen LogP contribution is -2.57. The number of carbonyl (C=O) groups excluding carboxylic acids is 3. The first-order valence-electron chi connectivity index (χ1n) is 13.1. The van der Waals surface area contributed by atoms with Gasteiger partial charge in [-0.1, -0.05) is 49.3 Å². The van der Waals surface area contributed by atoms with Crippen molar-refractivity contribution in [3.05, 3.63) is 80.9 Å². The number of hydrogen-bond donors (Lipinski definition) is 1. The van der Waals surface area contributed by atoms with Gasteiger partial charge in [0, 0.05) is 16.6 Å². The highest BCUT2D eigenvalue weighted by Gasteiger charge is 2.63. The third kappa shape index (κ3) is 3.30. The number of fused-ring (bicyclic) bond motifs is 3. The third-order valence-electron chi connectivity index (χ3n) is 9.82. The zero-order chi connectivity index (χ0) is 27.9. The molecule has 0 radical (unpaired) electrons. The van der Waals surface area contributed by atoms with Crippen molar-refractivity contribution in [2.75, 3.05) is 0 Å². The lowest BCUT2D eigenvalue weighted by Gasteiger charge is -2.59. The number of carboxylic acid groups (broad SMARTS) is 1. The van der Waals surface area contributed by atoms with Crippen LogP contribution in [-0.2, 0) is 16.0 Å². The van der Waals surface area contributed by atoms with Crippen molar-refractivity contribution in [2.24, 2.45) is 16.2 Å². The minimum absolute atomic E-state index is 0.0421. The molecule has 3 unspecified atom stereocenters. The van der Waals surface area contributed by atoms with Crippen LogP contribution < -0.4 is 0 Å². The quantitative estimate of drug-likeness (QED) is 0.463. The van der Waals surface area contributed by atoms with Gasteiger partial charge in [0.05, 0.1) is 16.6 Å². The zero-order valence-corrected chi connectivity index (χ0v) is 23.2. The van der Waals surface area contributed by atoms with Gasteiger partial charge in [0.15, 0.2) is 17.3 Å². The lowest BCUT2D eigenvalue weighted by molar-refractivity contribution is -0.134. The van der Waals surface area contributed by atoms with Crippen molar-refractivity contribution in [3.63, 3.8) is 0 Å². The first-order chi connectivity index (χ1) is 17.7. The summed E-state index contributed by atoms with van der Waals surface area (Å²) in [6.07, 6.45) is 1.91. The molecular formula is C33H34O5. The Bertz CT molecular complexity index is 1540. The summed E-state index contributed by atoms with van der Waals surface area (Å²) in [5.41, 5.74) is 5.31. The van der Waals surface area contributed by atoms with Gasteiger partial charge in [0.25, 0.3) is 0 Å². The van der Waals surface area contributed by atoms with Crippen LogP contribution in [0.2, 0.25) is 0 Å². The predicted molar refractivity (Wildman–Crippen MR) is 146 cm³/mol. The maximum Gasteiger partial charge on any atom is 0.335 e. The summed E-state index contributed by atoms with van der Waals surface area (Å²) in [7, 11) is 0. The number of ketones is 3. The molecule has 5 rings (SSSR count). The highest BCUT2D eigenvalue weighted by molar-refractivity contribution is 6.24. The standard InChI is InChI=1S/C33H34O5/c1-17-8-13-23(21-9-11-22(12-10-21)30(37)38)24-15-31(5)16-32(6)14-18(2)25(20(4)34)29(36)33(32,7)19(3)27(31)28(35)26(17)24/h8-13H,14-16H2,1-7H3,(H,37,38). The van der Waals surface area contributed by atoms with Gasteiger partial charge < -0.3 is 5.11 Å². The Morgan fingerprint density at radius 3 is 2.11 bits per heavy atom. The van der Waals surface area contributed by atoms with E-state index in [-0.39, 0.29) is 22.9 Å². The second kappa shape index (κ2) is 8.20. The SMILES string of the molecule is CC(=O)C1=C(C)CC2(C)CC3(C)Cc4c(-c5ccc(C(=O)O)cc5)ccc(C)c4C(=O)C3=C(C)C2(C)C1=O. The van der Waals surface area contributed by atoms with E-state index in [1.807, 2.05) is 39.8 Å². The molecule has 0 fully saturated rings. The van der Waals surface area contributed by atoms with Gasteiger partial charge in [-0.05, 0) is 93.7 Å². The lowest BCUT2D eigenvalue weighted by atomic mass is 9.42. The topological polar surface area (TPSA) is 88.5 Å². The number of aryl methyl sites for hydroxylation is 1. The van der Waals surface area contributed by atoms with Crippen LogP contribution in [0.5, 0.6) is 0 Å². The molecule has 2 aromatic carbocycles. The number of allylic oxidation sites excluding steroid dienone is 4. The highest BCUT2D eigenvalue weighted by Crippen LogP contribution is 2.66. The van der Waals surface area contributed by atoms with Gasteiger partial charge in [-0.25, -0.2) is 4.79 Å². The van der Waals surface area contributed by atoms with Gasteiger partial charge in [-0.2, -0.15) is 0 Å². The first kappa shape index (κ1) is 26.0. The van der Waals surface area contributed by atoms with E-state index >= 15 is 0 Å². The van der Waals surface area contributed by atoms with E-state index in [1.165, 1.54) is 6.92 Å². The smallest absolute Gasteiger partial charge is 0.335 e. The molecule has 2 aromatic rings. The number of aromatic carboxylic acids is 1. The highest BCUT2D eigenvalue weighted by atomic mass is 16.4. The summed E-state index contributed by atoms with van der Waals surface area (Å²) in [5, 5.41) is 9.33. The predicted octanol–water partition coefficient (Wildman–Crippen LogP) is 6.72. The molecular weight excluding hydrogens is 476 g/mol. The number of hydrogen-bond acceptors (Lipinski definition) is 4. The van der Waals surface area contributed by atoms with Gasteiger partial charge >= 0.3 is 5.97 Å². The molecule has 3 aliphatic rings. The van der Waals surface area contributed by atoms with Crippen LogP contribution in [0.4, 0.5) is 0 Å². The van der Waals surface area contributed by atoms with Gasteiger partial charge in [-0.15, -0.1) is 0 Å². The summed E-state index contributed by atoms with van der Waals surface area (Å²) < 4.78 is 0. The van der Waals surface area contributed by atoms with Crippen LogP contribution >= 0.6 is 0 Å². The Kier molecular flexibility index (Phi) is 5.61. The maximum atomic E-state index is 14.4. The summed E-state index contributed by atoms with van der Waals surface area (Å²) in [6, 6.07) is 10.7. The van der Waals surface area contributed by atoms with Crippen LogP contribution in [0.15, 0.2) is 58.7 Å². The van der Waals surface area contributed by atoms with Crippen LogP contribution in [0, 0.1) is 23.2 Å². The Labute approximate surface area is 223 Å². The van der Waals surface area contributed by atoms with Gasteiger partial charge in [-0.3, -0.25) is 14.4 Å². The summed E-state index contributed by atoms with van der Waals surface area (Å²) in [6.45, 7) is 13.4. The van der Waals surface area contributed by atoms with E-state index < -0.39 is 22.2 Å². The van der Waals surface area contributed by atoms with E-state index in [0.29, 0.717) is 36.0 Å². The summed E-state index contributed by atoms with van der Waals surface area (Å²) >= 11 is 0. The second-order valence-electron chi connectivity index (χ2n) is 12.3. The van der Waals surface area contributed by atoms with Crippen molar-refractivity contribution < 1.29 is 24.3 Å². The number of Topliss-reactive ketones (excluding diaryl/α,β-unsaturated/α-hetero) is 3. The fraction of sp³-hybridized carbons (Fsp3) is 0.394. The molecule has 1 N–H and O–H groups in total. The Balaban J connectivity index is 1.73. The van der Waals surface area contributed by atoms with Gasteiger partial charge in [0.1, 0.15) is 0 Å². The first-order valence-corrected chi connectivity index (χ1v) is 13.1. The Hall–Kier alpha value is -3.60. The van der Waals surface area contributed by atoms with Crippen molar-refractivity contribution in [2.45, 2.75) is 67.7 Å². The monoisotopic (exact) mass is 510 g/mol. The fourth-order valence-corrected chi connectivity index (χ4v) is 7.98. The summed E-state index contributed by atoms with van der Waals surface area (Å²) in [4.78, 5) is 52.3. The number of benzene rings is 2. The van der Waals surface area contributed by atoms with Crippen LogP contribution in [-0.4, -0.2) is 28.4 Å². The normalized spacial score (nSPS) is 28.6. The molecule has 0 aromatic heterocycles. The average Bonchev–Trinajstić information content (AvgIpc) is 2.81. The molecule has 38 heavy (non-hydrogen) atoms. The molecule has 0 aliphatic heterocycles. The second-order valence-corrected chi connectivity index (χ2v) is 12.3. The van der Waals surface area contributed by atoms with E-state index in [0.717, 1.165) is 33.4 Å². The molecule has 196 valence electrons. The van der Waals surface area contributed by atoms with E-state index in [9.17, 15) is 24.3 Å². The summed E-state index contributed by atoms with van der Waals surface area (Å²) in [5.74, 6) is -1.39. The van der Waals surface area contributed by atoms with Crippen molar-refractivity contribution in [1.29, 1.82) is 0 Å². The molecule has 3 atom stereocenters. The minimum atomic E-state index is -0.978.